The third-order valence-electron chi connectivity index (χ3n) is 4.09. The zero-order valence-electron chi connectivity index (χ0n) is 14.9. The molecule has 6 nitrogen and oxygen atoms in total. The predicted octanol–water partition coefficient (Wildman–Crippen LogP) is 3.35. The molecule has 0 aliphatic heterocycles. The number of thiophene rings is 1. The van der Waals surface area contributed by atoms with Crippen molar-refractivity contribution >= 4 is 23.1 Å². The van der Waals surface area contributed by atoms with Gasteiger partial charge in [0.2, 0.25) is 5.78 Å². The Morgan fingerprint density at radius 2 is 2.00 bits per heavy atom. The van der Waals surface area contributed by atoms with Crippen LogP contribution in [-0.2, 0) is 11.3 Å². The first-order valence-electron chi connectivity index (χ1n) is 8.14. The molecule has 0 atom stereocenters. The molecular formula is C19H19N3O3S. The van der Waals surface area contributed by atoms with E-state index in [1.807, 2.05) is 31.4 Å². The number of aromatic nitrogens is 3. The van der Waals surface area contributed by atoms with Crippen molar-refractivity contribution in [1.82, 2.24) is 14.5 Å². The van der Waals surface area contributed by atoms with Crippen LogP contribution in [0.2, 0.25) is 0 Å². The maximum Gasteiger partial charge on any atom is 0.358 e. The maximum absolute atomic E-state index is 12.5. The summed E-state index contributed by atoms with van der Waals surface area (Å²) in [7, 11) is 0. The van der Waals surface area contributed by atoms with E-state index in [4.69, 9.17) is 4.74 Å². The minimum Gasteiger partial charge on any atom is -0.453 e. The first-order valence-corrected chi connectivity index (χ1v) is 9.01. The van der Waals surface area contributed by atoms with Crippen molar-refractivity contribution in [2.45, 2.75) is 27.3 Å². The first kappa shape index (κ1) is 18.0. The van der Waals surface area contributed by atoms with E-state index in [1.54, 1.807) is 18.3 Å². The van der Waals surface area contributed by atoms with E-state index in [0.717, 1.165) is 17.9 Å². The number of hydrogen-bond donors (Lipinski definition) is 0. The van der Waals surface area contributed by atoms with Crippen molar-refractivity contribution < 1.29 is 14.3 Å². The molecule has 0 spiro atoms. The van der Waals surface area contributed by atoms with Gasteiger partial charge in [-0.15, -0.1) is 11.3 Å². The van der Waals surface area contributed by atoms with E-state index in [-0.39, 0.29) is 18.1 Å². The molecule has 0 unspecified atom stereocenters. The maximum atomic E-state index is 12.5. The average Bonchev–Trinajstić information content (AvgIpc) is 3.24. The highest BCUT2D eigenvalue weighted by molar-refractivity contribution is 7.09. The Balaban J connectivity index is 1.68. The van der Waals surface area contributed by atoms with Gasteiger partial charge < -0.3 is 9.30 Å². The molecule has 0 aromatic carbocycles. The number of esters is 1. The zero-order chi connectivity index (χ0) is 18.7. The van der Waals surface area contributed by atoms with Crippen LogP contribution in [0, 0.1) is 20.8 Å². The van der Waals surface area contributed by atoms with Gasteiger partial charge in [-0.25, -0.2) is 9.78 Å². The summed E-state index contributed by atoms with van der Waals surface area (Å²) in [5.74, 6) is -0.887. The lowest BCUT2D eigenvalue weighted by molar-refractivity contribution is 0.0468. The molecule has 0 saturated heterocycles. The highest BCUT2D eigenvalue weighted by atomic mass is 32.1. The van der Waals surface area contributed by atoms with Crippen molar-refractivity contribution in [2.24, 2.45) is 0 Å². The van der Waals surface area contributed by atoms with Gasteiger partial charge in [0.05, 0.1) is 18.4 Å². The molecule has 26 heavy (non-hydrogen) atoms. The van der Waals surface area contributed by atoms with Crippen LogP contribution in [0.3, 0.4) is 0 Å². The molecule has 0 aliphatic rings. The van der Waals surface area contributed by atoms with Gasteiger partial charge in [0.1, 0.15) is 0 Å². The third kappa shape index (κ3) is 3.88. The normalized spacial score (nSPS) is 10.7. The number of rotatable bonds is 6. The van der Waals surface area contributed by atoms with Crippen LogP contribution >= 0.6 is 11.3 Å². The van der Waals surface area contributed by atoms with Crippen molar-refractivity contribution in [1.29, 1.82) is 0 Å². The van der Waals surface area contributed by atoms with Crippen LogP contribution in [0.4, 0.5) is 0 Å². The van der Waals surface area contributed by atoms with E-state index in [1.165, 1.54) is 17.3 Å². The van der Waals surface area contributed by atoms with Gasteiger partial charge in [-0.3, -0.25) is 9.78 Å². The van der Waals surface area contributed by atoms with Crippen LogP contribution in [0.25, 0.3) is 0 Å². The number of aryl methyl sites for hydroxylation is 2. The molecule has 0 radical (unpaired) electrons. The number of hydrogen-bond acceptors (Lipinski definition) is 6. The Morgan fingerprint density at radius 1 is 1.19 bits per heavy atom. The van der Waals surface area contributed by atoms with Gasteiger partial charge in [-0.2, -0.15) is 0 Å². The highest BCUT2D eigenvalue weighted by Crippen LogP contribution is 2.20. The van der Waals surface area contributed by atoms with E-state index >= 15 is 0 Å². The fourth-order valence-corrected chi connectivity index (χ4v) is 3.36. The van der Waals surface area contributed by atoms with Crippen LogP contribution in [-0.4, -0.2) is 32.9 Å². The number of carbonyl (C=O) groups is 2. The Labute approximate surface area is 155 Å². The Kier molecular flexibility index (Phi) is 5.27. The standard InChI is InChI=1S/C19H19N3O3S/c1-12-8-21-17(9-20-12)19(24)25-11-18(23)16-7-13(2)22(14(16)3)10-15-5-4-6-26-15/h4-9H,10-11H2,1-3H3. The first-order chi connectivity index (χ1) is 12.5. The van der Waals surface area contributed by atoms with Crippen LogP contribution in [0.15, 0.2) is 36.0 Å². The van der Waals surface area contributed by atoms with Gasteiger partial charge >= 0.3 is 5.97 Å². The number of ketones is 1. The number of ether oxygens (including phenoxy) is 1. The molecule has 3 rings (SSSR count). The molecule has 3 aromatic heterocycles. The lowest BCUT2D eigenvalue weighted by Gasteiger charge is -2.08. The van der Waals surface area contributed by atoms with Gasteiger partial charge in [-0.05, 0) is 38.3 Å². The van der Waals surface area contributed by atoms with Crippen LogP contribution in [0.1, 0.15) is 42.8 Å². The van der Waals surface area contributed by atoms with Crippen molar-refractivity contribution in [2.75, 3.05) is 6.61 Å². The zero-order valence-corrected chi connectivity index (χ0v) is 15.7. The Hall–Kier alpha value is -2.80. The van der Waals surface area contributed by atoms with Crippen LogP contribution in [0.5, 0.6) is 0 Å². The molecule has 0 amide bonds. The number of Topliss-reactive ketones (excluding diaryl/α,β-unsaturated/α-hetero) is 1. The molecular weight excluding hydrogens is 350 g/mol. The SMILES string of the molecule is Cc1cnc(C(=O)OCC(=O)c2cc(C)n(Cc3cccs3)c2C)cn1. The smallest absolute Gasteiger partial charge is 0.358 e. The fraction of sp³-hybridized carbons (Fsp3) is 0.263. The summed E-state index contributed by atoms with van der Waals surface area (Å²) in [5, 5.41) is 2.03. The van der Waals surface area contributed by atoms with E-state index in [0.29, 0.717) is 11.3 Å². The van der Waals surface area contributed by atoms with E-state index < -0.39 is 5.97 Å². The third-order valence-corrected chi connectivity index (χ3v) is 4.95. The summed E-state index contributed by atoms with van der Waals surface area (Å²) in [6.07, 6.45) is 2.83. The second kappa shape index (κ2) is 7.61. The summed E-state index contributed by atoms with van der Waals surface area (Å²) in [6, 6.07) is 5.91. The minimum absolute atomic E-state index is 0.0894. The second-order valence-corrected chi connectivity index (χ2v) is 7.02. The van der Waals surface area contributed by atoms with E-state index in [9.17, 15) is 9.59 Å². The molecule has 0 fully saturated rings. The average molecular weight is 369 g/mol. The Bertz CT molecular complexity index is 928. The molecule has 3 heterocycles. The van der Waals surface area contributed by atoms with Crippen molar-refractivity contribution in [3.05, 3.63) is 69.2 Å². The number of carbonyl (C=O) groups excluding carboxylic acids is 2. The largest absolute Gasteiger partial charge is 0.453 e. The van der Waals surface area contributed by atoms with E-state index in [2.05, 4.69) is 20.6 Å². The van der Waals surface area contributed by atoms with Crippen molar-refractivity contribution in [3.8, 4) is 0 Å². The number of nitrogens with zero attached hydrogens (tertiary/aromatic N) is 3. The Morgan fingerprint density at radius 3 is 2.65 bits per heavy atom. The molecule has 3 aromatic rings. The molecule has 0 saturated carbocycles. The second-order valence-electron chi connectivity index (χ2n) is 5.99. The summed E-state index contributed by atoms with van der Waals surface area (Å²) < 4.78 is 7.19. The predicted molar refractivity (Wildman–Crippen MR) is 98.7 cm³/mol. The monoisotopic (exact) mass is 369 g/mol. The summed E-state index contributed by atoms with van der Waals surface area (Å²) in [6.45, 7) is 6.04. The van der Waals surface area contributed by atoms with Gasteiger partial charge in [0, 0.05) is 28.0 Å². The molecule has 0 bridgehead atoms. The molecule has 7 heteroatoms. The quantitative estimate of drug-likeness (QED) is 0.492. The van der Waals surface area contributed by atoms with Gasteiger partial charge in [-0.1, -0.05) is 6.07 Å². The fourth-order valence-electron chi connectivity index (χ4n) is 2.67. The molecule has 0 N–H and O–H groups in total. The van der Waals surface area contributed by atoms with Crippen LogP contribution < -0.4 is 0 Å². The lowest BCUT2D eigenvalue weighted by atomic mass is 10.1. The highest BCUT2D eigenvalue weighted by Gasteiger charge is 2.18. The summed E-state index contributed by atoms with van der Waals surface area (Å²) in [4.78, 5) is 33.7. The summed E-state index contributed by atoms with van der Waals surface area (Å²) in [5.41, 5.74) is 3.23. The van der Waals surface area contributed by atoms with Crippen molar-refractivity contribution in [3.63, 3.8) is 0 Å². The summed E-state index contributed by atoms with van der Waals surface area (Å²) >= 11 is 1.68. The van der Waals surface area contributed by atoms with Gasteiger partial charge in [0.15, 0.2) is 12.3 Å². The molecule has 0 aliphatic carbocycles. The topological polar surface area (TPSA) is 74.1 Å². The van der Waals surface area contributed by atoms with Gasteiger partial charge in [0.25, 0.3) is 0 Å². The minimum atomic E-state index is -0.654. The lowest BCUT2D eigenvalue weighted by Crippen LogP contribution is -2.16. The molecule has 134 valence electrons.